The molecular weight excluding hydrogens is 392 g/mol. The number of carbonyl (C=O) groups is 2. The normalized spacial score (nSPS) is 13.9. The molecule has 0 saturated heterocycles. The highest BCUT2D eigenvalue weighted by Crippen LogP contribution is 2.23. The van der Waals surface area contributed by atoms with Crippen molar-refractivity contribution in [3.8, 4) is 5.75 Å². The van der Waals surface area contributed by atoms with E-state index in [9.17, 15) is 9.59 Å². The minimum Gasteiger partial charge on any atom is -0.481 e. The Kier molecular flexibility index (Phi) is 6.02. The number of aromatic nitrogens is 2. The summed E-state index contributed by atoms with van der Waals surface area (Å²) in [5.41, 5.74) is 3.19. The summed E-state index contributed by atoms with van der Waals surface area (Å²) in [5, 5.41) is 7.38. The summed E-state index contributed by atoms with van der Waals surface area (Å²) >= 11 is 0. The van der Waals surface area contributed by atoms with Crippen LogP contribution in [0.15, 0.2) is 60.7 Å². The number of rotatable bonds is 6. The van der Waals surface area contributed by atoms with E-state index in [0.717, 1.165) is 16.8 Å². The van der Waals surface area contributed by atoms with Crippen LogP contribution in [-0.2, 0) is 31.4 Å². The highest BCUT2D eigenvalue weighted by atomic mass is 16.5. The summed E-state index contributed by atoms with van der Waals surface area (Å²) in [7, 11) is 1.84. The maximum absolute atomic E-state index is 13.0. The predicted octanol–water partition coefficient (Wildman–Crippen LogP) is 2.70. The summed E-state index contributed by atoms with van der Waals surface area (Å²) < 4.78 is 7.54. The summed E-state index contributed by atoms with van der Waals surface area (Å²) in [4.78, 5) is 27.6. The van der Waals surface area contributed by atoms with Gasteiger partial charge in [-0.1, -0.05) is 48.5 Å². The van der Waals surface area contributed by atoms with Gasteiger partial charge in [-0.3, -0.25) is 14.3 Å². The van der Waals surface area contributed by atoms with Crippen molar-refractivity contribution in [1.29, 1.82) is 0 Å². The molecule has 160 valence electrons. The number of ether oxygens (including phenoxy) is 1. The van der Waals surface area contributed by atoms with Crippen molar-refractivity contribution in [1.82, 2.24) is 20.0 Å². The molecule has 2 amide bonds. The SMILES string of the molecule is CC(Oc1ccccc1)C(=O)N1CCc2c(c(C(=O)NCc3ccccc3)nn2C)C1. The van der Waals surface area contributed by atoms with Crippen LogP contribution in [-0.4, -0.2) is 39.1 Å². The predicted molar refractivity (Wildman–Crippen MR) is 116 cm³/mol. The number of aryl methyl sites for hydroxylation is 1. The molecule has 0 radical (unpaired) electrons. The molecule has 2 heterocycles. The van der Waals surface area contributed by atoms with E-state index < -0.39 is 6.10 Å². The first-order valence-electron chi connectivity index (χ1n) is 10.4. The number of nitrogens with one attached hydrogen (secondary N) is 1. The number of hydrogen-bond donors (Lipinski definition) is 1. The quantitative estimate of drug-likeness (QED) is 0.668. The minimum atomic E-state index is -0.615. The fourth-order valence-electron chi connectivity index (χ4n) is 3.84. The second-order valence-electron chi connectivity index (χ2n) is 7.65. The first-order valence-corrected chi connectivity index (χ1v) is 10.4. The van der Waals surface area contributed by atoms with Gasteiger partial charge in [0.05, 0.1) is 0 Å². The van der Waals surface area contributed by atoms with Crippen molar-refractivity contribution in [2.75, 3.05) is 6.54 Å². The third-order valence-corrected chi connectivity index (χ3v) is 5.47. The fraction of sp³-hybridized carbons (Fsp3) is 0.292. The van der Waals surface area contributed by atoms with Crippen LogP contribution in [0.3, 0.4) is 0 Å². The highest BCUT2D eigenvalue weighted by molar-refractivity contribution is 5.94. The van der Waals surface area contributed by atoms with Crippen molar-refractivity contribution < 1.29 is 14.3 Å². The van der Waals surface area contributed by atoms with Crippen LogP contribution in [0.4, 0.5) is 0 Å². The molecule has 1 aromatic heterocycles. The highest BCUT2D eigenvalue weighted by Gasteiger charge is 2.31. The molecule has 3 aromatic rings. The zero-order chi connectivity index (χ0) is 21.8. The summed E-state index contributed by atoms with van der Waals surface area (Å²) in [6.07, 6.45) is 0.0326. The molecule has 1 atom stereocenters. The lowest BCUT2D eigenvalue weighted by molar-refractivity contribution is -0.138. The summed E-state index contributed by atoms with van der Waals surface area (Å²) in [6, 6.07) is 19.0. The van der Waals surface area contributed by atoms with Crippen LogP contribution >= 0.6 is 0 Å². The number of hydrogen-bond acceptors (Lipinski definition) is 4. The maximum atomic E-state index is 13.0. The summed E-state index contributed by atoms with van der Waals surface area (Å²) in [5.74, 6) is 0.320. The van der Waals surface area contributed by atoms with Crippen molar-refractivity contribution in [2.24, 2.45) is 7.05 Å². The van der Waals surface area contributed by atoms with Crippen molar-refractivity contribution in [3.05, 3.63) is 83.2 Å². The molecule has 7 nitrogen and oxygen atoms in total. The van der Waals surface area contributed by atoms with Gasteiger partial charge in [0, 0.05) is 44.4 Å². The van der Waals surface area contributed by atoms with E-state index in [1.807, 2.05) is 67.7 Å². The molecule has 31 heavy (non-hydrogen) atoms. The fourth-order valence-corrected chi connectivity index (χ4v) is 3.84. The molecule has 1 N–H and O–H groups in total. The van der Waals surface area contributed by atoms with Crippen LogP contribution in [0, 0.1) is 0 Å². The summed E-state index contributed by atoms with van der Waals surface area (Å²) in [6.45, 7) is 3.09. The number of benzene rings is 2. The minimum absolute atomic E-state index is 0.103. The smallest absolute Gasteiger partial charge is 0.272 e. The van der Waals surface area contributed by atoms with Gasteiger partial charge >= 0.3 is 0 Å². The lowest BCUT2D eigenvalue weighted by Crippen LogP contribution is -2.43. The largest absolute Gasteiger partial charge is 0.481 e. The third-order valence-electron chi connectivity index (χ3n) is 5.47. The number of amides is 2. The number of para-hydroxylation sites is 1. The van der Waals surface area contributed by atoms with Gasteiger partial charge < -0.3 is 15.0 Å². The molecule has 2 aromatic carbocycles. The molecule has 1 aliphatic rings. The van der Waals surface area contributed by atoms with Gasteiger partial charge in [0.15, 0.2) is 11.8 Å². The zero-order valence-corrected chi connectivity index (χ0v) is 17.7. The molecule has 0 spiro atoms. The lowest BCUT2D eigenvalue weighted by Gasteiger charge is -2.30. The number of carbonyl (C=O) groups excluding carboxylic acids is 2. The van der Waals surface area contributed by atoms with Gasteiger partial charge in [0.1, 0.15) is 5.75 Å². The van der Waals surface area contributed by atoms with E-state index in [1.54, 1.807) is 16.5 Å². The van der Waals surface area contributed by atoms with Crippen molar-refractivity contribution >= 4 is 11.8 Å². The van der Waals surface area contributed by atoms with E-state index in [2.05, 4.69) is 10.4 Å². The Bertz CT molecular complexity index is 1060. The van der Waals surface area contributed by atoms with Gasteiger partial charge in [-0.05, 0) is 24.6 Å². The lowest BCUT2D eigenvalue weighted by atomic mass is 10.0. The van der Waals surface area contributed by atoms with E-state index in [1.165, 1.54) is 0 Å². The first kappa shape index (κ1) is 20.7. The van der Waals surface area contributed by atoms with E-state index in [4.69, 9.17) is 4.74 Å². The second-order valence-corrected chi connectivity index (χ2v) is 7.65. The van der Waals surface area contributed by atoms with E-state index in [-0.39, 0.29) is 11.8 Å². The van der Waals surface area contributed by atoms with E-state index in [0.29, 0.717) is 37.5 Å². The average Bonchev–Trinajstić information content (AvgIpc) is 3.14. The molecule has 7 heteroatoms. The molecule has 0 saturated carbocycles. The first-order chi connectivity index (χ1) is 15.0. The van der Waals surface area contributed by atoms with Crippen LogP contribution < -0.4 is 10.1 Å². The Morgan fingerprint density at radius 1 is 1.10 bits per heavy atom. The molecule has 1 aliphatic heterocycles. The van der Waals surface area contributed by atoms with Crippen LogP contribution in [0.1, 0.15) is 34.2 Å². The number of fused-ring (bicyclic) bond motifs is 1. The Morgan fingerprint density at radius 3 is 2.48 bits per heavy atom. The monoisotopic (exact) mass is 418 g/mol. The van der Waals surface area contributed by atoms with Gasteiger partial charge in [-0.2, -0.15) is 5.10 Å². The Hall–Kier alpha value is -3.61. The number of nitrogens with zero attached hydrogens (tertiary/aromatic N) is 3. The van der Waals surface area contributed by atoms with Crippen LogP contribution in [0.2, 0.25) is 0 Å². The van der Waals surface area contributed by atoms with Crippen LogP contribution in [0.5, 0.6) is 5.75 Å². The maximum Gasteiger partial charge on any atom is 0.272 e. The van der Waals surface area contributed by atoms with Gasteiger partial charge in [-0.15, -0.1) is 0 Å². The van der Waals surface area contributed by atoms with Crippen molar-refractivity contribution in [3.63, 3.8) is 0 Å². The molecular formula is C24H26N4O3. The zero-order valence-electron chi connectivity index (χ0n) is 17.7. The van der Waals surface area contributed by atoms with Gasteiger partial charge in [-0.25, -0.2) is 0 Å². The van der Waals surface area contributed by atoms with Crippen LogP contribution in [0.25, 0.3) is 0 Å². The van der Waals surface area contributed by atoms with Gasteiger partial charge in [0.25, 0.3) is 11.8 Å². The topological polar surface area (TPSA) is 76.5 Å². The molecule has 0 fully saturated rings. The molecule has 4 rings (SSSR count). The van der Waals surface area contributed by atoms with Gasteiger partial charge in [0.2, 0.25) is 0 Å². The molecule has 1 unspecified atom stereocenters. The Balaban J connectivity index is 1.45. The van der Waals surface area contributed by atoms with Crippen molar-refractivity contribution in [2.45, 2.75) is 32.5 Å². The average molecular weight is 418 g/mol. The molecule has 0 bridgehead atoms. The molecule has 0 aliphatic carbocycles. The third kappa shape index (κ3) is 4.60. The Labute approximate surface area is 181 Å². The Morgan fingerprint density at radius 2 is 1.77 bits per heavy atom. The standard InChI is InChI=1S/C24H26N4O3/c1-17(31-19-11-7-4-8-12-19)24(30)28-14-13-21-20(16-28)22(26-27(21)2)23(29)25-15-18-9-5-3-6-10-18/h3-12,17H,13-16H2,1-2H3,(H,25,29). The van der Waals surface area contributed by atoms with E-state index >= 15 is 0 Å². The second kappa shape index (κ2) is 9.04.